The molecule has 0 saturated carbocycles. The summed E-state index contributed by atoms with van der Waals surface area (Å²) in [4.78, 5) is 0. The van der Waals surface area contributed by atoms with Crippen molar-refractivity contribution in [3.63, 3.8) is 0 Å². The van der Waals surface area contributed by atoms with Crippen LogP contribution in [0, 0.1) is 6.42 Å². The van der Waals surface area contributed by atoms with E-state index < -0.39 is 0 Å². The van der Waals surface area contributed by atoms with Crippen molar-refractivity contribution in [1.82, 2.24) is 0 Å². The Bertz CT molecular complexity index is 299. The number of anilines is 1. The minimum atomic E-state index is 1.20. The van der Waals surface area contributed by atoms with Crippen LogP contribution in [-0.4, -0.2) is 0 Å². The number of nitrogens with one attached hydrogen (secondary N) is 1. The lowest BCUT2D eigenvalue weighted by molar-refractivity contribution is 1.29. The molecule has 1 nitrogen and oxygen atoms in total. The van der Waals surface area contributed by atoms with E-state index in [4.69, 9.17) is 0 Å². The second kappa shape index (κ2) is 2.42. The van der Waals surface area contributed by atoms with Crippen molar-refractivity contribution in [2.45, 2.75) is 6.92 Å². The highest BCUT2D eigenvalue weighted by atomic mass is 14.9. The molecule has 1 heterocycles. The van der Waals surface area contributed by atoms with Gasteiger partial charge in [0.1, 0.15) is 0 Å². The standard InChI is InChI=1S/C10H10N/c1-8-6-7-9-4-2-3-5-10(9)11-8/h2-7,11H,1H3. The fourth-order valence-electron chi connectivity index (χ4n) is 1.23. The van der Waals surface area contributed by atoms with Crippen molar-refractivity contribution in [2.75, 3.05) is 5.32 Å². The molecule has 1 aliphatic rings. The molecule has 55 valence electrons. The Hall–Kier alpha value is -1.24. The highest BCUT2D eigenvalue weighted by Crippen LogP contribution is 2.23. The summed E-state index contributed by atoms with van der Waals surface area (Å²) in [5.74, 6) is 0. The molecular formula is C10H10N. The Labute approximate surface area is 66.7 Å². The van der Waals surface area contributed by atoms with Crippen molar-refractivity contribution in [3.05, 3.63) is 48.0 Å². The first-order valence-electron chi connectivity index (χ1n) is 3.74. The third-order valence-electron chi connectivity index (χ3n) is 1.81. The van der Waals surface area contributed by atoms with Gasteiger partial charge in [-0.3, -0.25) is 0 Å². The van der Waals surface area contributed by atoms with E-state index in [1.54, 1.807) is 0 Å². The van der Waals surface area contributed by atoms with Gasteiger partial charge in [0.15, 0.2) is 0 Å². The van der Waals surface area contributed by atoms with Crippen LogP contribution >= 0.6 is 0 Å². The molecule has 0 spiro atoms. The molecule has 1 radical (unpaired) electrons. The van der Waals surface area contributed by atoms with Gasteiger partial charge in [-0.1, -0.05) is 24.3 Å². The summed E-state index contributed by atoms with van der Waals surface area (Å²) < 4.78 is 0. The van der Waals surface area contributed by atoms with Crippen molar-refractivity contribution in [1.29, 1.82) is 0 Å². The van der Waals surface area contributed by atoms with E-state index in [0.717, 1.165) is 0 Å². The monoisotopic (exact) mass is 144 g/mol. The molecule has 2 rings (SSSR count). The van der Waals surface area contributed by atoms with Crippen molar-refractivity contribution in [3.8, 4) is 0 Å². The zero-order valence-electron chi connectivity index (χ0n) is 6.46. The number of para-hydroxylation sites is 1. The molecule has 0 aromatic heterocycles. The molecule has 0 unspecified atom stereocenters. The first-order chi connectivity index (χ1) is 5.36. The van der Waals surface area contributed by atoms with Crippen molar-refractivity contribution in [2.24, 2.45) is 0 Å². The second-order valence-corrected chi connectivity index (χ2v) is 2.73. The van der Waals surface area contributed by atoms with Gasteiger partial charge in [0, 0.05) is 17.8 Å². The normalized spacial score (nSPS) is 14.8. The van der Waals surface area contributed by atoms with Crippen LogP contribution in [-0.2, 0) is 0 Å². The summed E-state index contributed by atoms with van der Waals surface area (Å²) in [6, 6.07) is 8.28. The molecular weight excluding hydrogens is 134 g/mol. The maximum absolute atomic E-state index is 3.29. The number of rotatable bonds is 0. The molecule has 1 N–H and O–H groups in total. The van der Waals surface area contributed by atoms with Gasteiger partial charge < -0.3 is 5.32 Å². The largest absolute Gasteiger partial charge is 0.359 e. The molecule has 1 aromatic rings. The average Bonchev–Trinajstić information content (AvgIpc) is 2.04. The maximum Gasteiger partial charge on any atom is 0.0420 e. The van der Waals surface area contributed by atoms with Crippen LogP contribution in [0.4, 0.5) is 5.69 Å². The Morgan fingerprint density at radius 2 is 2.00 bits per heavy atom. The van der Waals surface area contributed by atoms with Gasteiger partial charge in [-0.15, -0.1) is 0 Å². The Balaban J connectivity index is 2.42. The highest BCUT2D eigenvalue weighted by molar-refractivity contribution is 5.62. The third-order valence-corrected chi connectivity index (χ3v) is 1.81. The van der Waals surface area contributed by atoms with Gasteiger partial charge in [0.2, 0.25) is 0 Å². The first-order valence-corrected chi connectivity index (χ1v) is 3.74. The van der Waals surface area contributed by atoms with E-state index >= 15 is 0 Å². The van der Waals surface area contributed by atoms with E-state index in [-0.39, 0.29) is 0 Å². The smallest absolute Gasteiger partial charge is 0.0420 e. The summed E-state index contributed by atoms with van der Waals surface area (Å²) in [5, 5.41) is 3.29. The summed E-state index contributed by atoms with van der Waals surface area (Å²) in [6.07, 6.45) is 4.21. The summed E-state index contributed by atoms with van der Waals surface area (Å²) >= 11 is 0. The topological polar surface area (TPSA) is 12.0 Å². The average molecular weight is 144 g/mol. The Morgan fingerprint density at radius 3 is 2.91 bits per heavy atom. The molecule has 1 heteroatoms. The Kier molecular flexibility index (Phi) is 1.42. The van der Waals surface area contributed by atoms with E-state index in [9.17, 15) is 0 Å². The van der Waals surface area contributed by atoms with E-state index in [2.05, 4.69) is 36.9 Å². The van der Waals surface area contributed by atoms with Crippen LogP contribution in [0.5, 0.6) is 0 Å². The van der Waals surface area contributed by atoms with Gasteiger partial charge in [0.05, 0.1) is 0 Å². The van der Waals surface area contributed by atoms with Crippen LogP contribution in [0.1, 0.15) is 12.5 Å². The number of hydrogen-bond donors (Lipinski definition) is 1. The molecule has 0 bridgehead atoms. The van der Waals surface area contributed by atoms with Gasteiger partial charge >= 0.3 is 0 Å². The molecule has 1 aromatic carbocycles. The maximum atomic E-state index is 3.29. The van der Waals surface area contributed by atoms with Crippen LogP contribution in [0.25, 0.3) is 0 Å². The van der Waals surface area contributed by atoms with Crippen LogP contribution in [0.15, 0.2) is 36.0 Å². The van der Waals surface area contributed by atoms with Crippen LogP contribution in [0.3, 0.4) is 0 Å². The molecule has 0 atom stereocenters. The molecule has 0 aliphatic carbocycles. The lowest BCUT2D eigenvalue weighted by Crippen LogP contribution is -2.03. The lowest BCUT2D eigenvalue weighted by atomic mass is 10.1. The van der Waals surface area contributed by atoms with E-state index in [0.29, 0.717) is 0 Å². The van der Waals surface area contributed by atoms with Gasteiger partial charge in [-0.05, 0) is 18.6 Å². The van der Waals surface area contributed by atoms with Crippen molar-refractivity contribution >= 4 is 5.69 Å². The predicted molar refractivity (Wildman–Crippen MR) is 47.2 cm³/mol. The Morgan fingerprint density at radius 1 is 1.18 bits per heavy atom. The minimum Gasteiger partial charge on any atom is -0.359 e. The molecule has 0 saturated heterocycles. The lowest BCUT2D eigenvalue weighted by Gasteiger charge is -2.15. The molecule has 0 amide bonds. The summed E-state index contributed by atoms with van der Waals surface area (Å²) in [6.45, 7) is 2.06. The highest BCUT2D eigenvalue weighted by Gasteiger charge is 2.04. The van der Waals surface area contributed by atoms with Gasteiger partial charge in [0.25, 0.3) is 0 Å². The van der Waals surface area contributed by atoms with Crippen molar-refractivity contribution < 1.29 is 0 Å². The number of hydrogen-bond acceptors (Lipinski definition) is 1. The predicted octanol–water partition coefficient (Wildman–Crippen LogP) is 2.57. The van der Waals surface area contributed by atoms with E-state index in [1.807, 2.05) is 12.1 Å². The zero-order chi connectivity index (χ0) is 7.68. The fraction of sp³-hybridized carbons (Fsp3) is 0.100. The fourth-order valence-corrected chi connectivity index (χ4v) is 1.23. The van der Waals surface area contributed by atoms with Gasteiger partial charge in [-0.25, -0.2) is 0 Å². The molecule has 1 aliphatic heterocycles. The third kappa shape index (κ3) is 1.14. The number of allylic oxidation sites excluding steroid dienone is 2. The SMILES string of the molecule is CC1=C[CH]c2ccccc2N1. The molecule has 0 fully saturated rings. The minimum absolute atomic E-state index is 1.20. The van der Waals surface area contributed by atoms with Gasteiger partial charge in [-0.2, -0.15) is 0 Å². The summed E-state index contributed by atoms with van der Waals surface area (Å²) in [7, 11) is 0. The quantitative estimate of drug-likeness (QED) is 0.590. The summed E-state index contributed by atoms with van der Waals surface area (Å²) in [5.41, 5.74) is 3.66. The van der Waals surface area contributed by atoms with E-state index in [1.165, 1.54) is 16.9 Å². The first kappa shape index (κ1) is 6.47. The van der Waals surface area contributed by atoms with Crippen LogP contribution < -0.4 is 5.32 Å². The number of fused-ring (bicyclic) bond motifs is 1. The second-order valence-electron chi connectivity index (χ2n) is 2.73. The zero-order valence-corrected chi connectivity index (χ0v) is 6.46. The number of benzene rings is 1. The van der Waals surface area contributed by atoms with Crippen LogP contribution in [0.2, 0.25) is 0 Å². The molecule has 11 heavy (non-hydrogen) atoms.